The average molecular weight is 284 g/mol. The summed E-state index contributed by atoms with van der Waals surface area (Å²) in [5.74, 6) is 1.66. The van der Waals surface area contributed by atoms with Gasteiger partial charge < -0.3 is 15.0 Å². The van der Waals surface area contributed by atoms with Crippen molar-refractivity contribution in [3.8, 4) is 11.6 Å². The van der Waals surface area contributed by atoms with Crippen molar-refractivity contribution < 1.29 is 4.74 Å². The minimum absolute atomic E-state index is 0.467. The molecule has 7 nitrogen and oxygen atoms in total. The monoisotopic (exact) mass is 284 g/mol. The second kappa shape index (κ2) is 5.28. The van der Waals surface area contributed by atoms with E-state index in [1.807, 2.05) is 43.3 Å². The highest BCUT2D eigenvalue weighted by Crippen LogP contribution is 2.29. The van der Waals surface area contributed by atoms with Crippen LogP contribution in [-0.4, -0.2) is 41.3 Å². The van der Waals surface area contributed by atoms with Crippen LogP contribution in [0.3, 0.4) is 0 Å². The number of aromatic nitrogens is 4. The van der Waals surface area contributed by atoms with Crippen molar-refractivity contribution in [2.45, 2.75) is 0 Å². The second-order valence-corrected chi connectivity index (χ2v) is 4.73. The van der Waals surface area contributed by atoms with Crippen LogP contribution in [-0.2, 0) is 0 Å². The van der Waals surface area contributed by atoms with E-state index in [4.69, 9.17) is 4.74 Å². The molecule has 108 valence electrons. The van der Waals surface area contributed by atoms with Gasteiger partial charge in [0.15, 0.2) is 5.65 Å². The smallest absolute Gasteiger partial charge is 0.235 e. The number of hydrogen-bond donors (Lipinski definition) is 2. The lowest BCUT2D eigenvalue weighted by Crippen LogP contribution is -2.08. The summed E-state index contributed by atoms with van der Waals surface area (Å²) >= 11 is 0. The molecule has 0 unspecified atom stereocenters. The van der Waals surface area contributed by atoms with Crippen LogP contribution in [0.25, 0.3) is 11.0 Å². The lowest BCUT2D eigenvalue weighted by Gasteiger charge is -2.14. The Hall–Kier alpha value is -2.83. The molecule has 0 atom stereocenters. The highest BCUT2D eigenvalue weighted by atomic mass is 16.5. The quantitative estimate of drug-likeness (QED) is 0.765. The molecule has 0 amide bonds. The third-order valence-electron chi connectivity index (χ3n) is 3.05. The minimum atomic E-state index is 0.467. The predicted molar refractivity (Wildman–Crippen MR) is 82.1 cm³/mol. The van der Waals surface area contributed by atoms with E-state index in [9.17, 15) is 0 Å². The molecule has 0 fully saturated rings. The molecule has 0 aliphatic heterocycles. The molecule has 0 aliphatic carbocycles. The van der Waals surface area contributed by atoms with Gasteiger partial charge in [0.1, 0.15) is 11.1 Å². The van der Waals surface area contributed by atoms with E-state index in [1.54, 1.807) is 13.2 Å². The van der Waals surface area contributed by atoms with Crippen molar-refractivity contribution in [3.63, 3.8) is 0 Å². The number of fused-ring (bicyclic) bond motifs is 1. The molecule has 21 heavy (non-hydrogen) atoms. The van der Waals surface area contributed by atoms with E-state index in [1.165, 1.54) is 0 Å². The minimum Gasteiger partial charge on any atom is -0.438 e. The Morgan fingerprint density at radius 1 is 1.24 bits per heavy atom. The molecule has 0 saturated heterocycles. The summed E-state index contributed by atoms with van der Waals surface area (Å²) in [6.45, 7) is 0. The Morgan fingerprint density at radius 3 is 2.86 bits per heavy atom. The molecule has 0 bridgehead atoms. The normalized spacial score (nSPS) is 10.6. The first-order valence-corrected chi connectivity index (χ1v) is 6.51. The number of anilines is 2. The zero-order chi connectivity index (χ0) is 14.8. The molecular formula is C14H16N6O. The Bertz CT molecular complexity index is 767. The van der Waals surface area contributed by atoms with Crippen molar-refractivity contribution in [3.05, 3.63) is 30.5 Å². The number of nitrogens with one attached hydrogen (secondary N) is 2. The summed E-state index contributed by atoms with van der Waals surface area (Å²) in [7, 11) is 5.72. The lowest BCUT2D eigenvalue weighted by molar-refractivity contribution is 0.469. The topological polar surface area (TPSA) is 79.0 Å². The Balaban J connectivity index is 2.01. The fourth-order valence-electron chi connectivity index (χ4n) is 1.93. The van der Waals surface area contributed by atoms with Crippen LogP contribution in [0, 0.1) is 0 Å². The van der Waals surface area contributed by atoms with Crippen LogP contribution < -0.4 is 15.0 Å². The number of ether oxygens (including phenoxy) is 1. The maximum Gasteiger partial charge on any atom is 0.235 e. The molecular weight excluding hydrogens is 268 g/mol. The van der Waals surface area contributed by atoms with E-state index in [0.29, 0.717) is 23.2 Å². The van der Waals surface area contributed by atoms with Gasteiger partial charge in [-0.25, -0.2) is 0 Å². The molecule has 1 aromatic carbocycles. The molecule has 2 aromatic heterocycles. The van der Waals surface area contributed by atoms with Gasteiger partial charge in [-0.05, 0) is 12.1 Å². The van der Waals surface area contributed by atoms with E-state index < -0.39 is 0 Å². The van der Waals surface area contributed by atoms with E-state index in [-0.39, 0.29) is 0 Å². The van der Waals surface area contributed by atoms with E-state index in [2.05, 4.69) is 25.5 Å². The number of nitrogens with zero attached hydrogens (tertiary/aromatic N) is 4. The molecule has 2 heterocycles. The number of H-pyrrole nitrogens is 1. The molecule has 0 aliphatic rings. The maximum atomic E-state index is 5.91. The van der Waals surface area contributed by atoms with Crippen molar-refractivity contribution in [1.29, 1.82) is 0 Å². The van der Waals surface area contributed by atoms with Crippen molar-refractivity contribution in [2.24, 2.45) is 0 Å². The fraction of sp³-hybridized carbons (Fsp3) is 0.214. The van der Waals surface area contributed by atoms with Crippen molar-refractivity contribution >= 4 is 22.7 Å². The summed E-state index contributed by atoms with van der Waals surface area (Å²) in [5, 5.41) is 10.4. The van der Waals surface area contributed by atoms with Gasteiger partial charge in [0, 0.05) is 32.9 Å². The first-order valence-electron chi connectivity index (χ1n) is 6.51. The van der Waals surface area contributed by atoms with Gasteiger partial charge in [0.05, 0.1) is 6.20 Å². The van der Waals surface area contributed by atoms with Gasteiger partial charge in [-0.15, -0.1) is 0 Å². The summed E-state index contributed by atoms with van der Waals surface area (Å²) in [4.78, 5) is 10.6. The summed E-state index contributed by atoms with van der Waals surface area (Å²) in [5.41, 5.74) is 1.69. The SMILES string of the molecule is CNc1nc(Oc2cccc(N(C)C)c2)c2cn[nH]c2n1. The van der Waals surface area contributed by atoms with Gasteiger partial charge in [-0.1, -0.05) is 6.07 Å². The van der Waals surface area contributed by atoms with Crippen LogP contribution in [0.5, 0.6) is 11.6 Å². The molecule has 2 N–H and O–H groups in total. The zero-order valence-corrected chi connectivity index (χ0v) is 12.1. The number of benzene rings is 1. The van der Waals surface area contributed by atoms with E-state index >= 15 is 0 Å². The lowest BCUT2D eigenvalue weighted by atomic mass is 10.3. The highest BCUT2D eigenvalue weighted by Gasteiger charge is 2.11. The Morgan fingerprint density at radius 2 is 2.10 bits per heavy atom. The average Bonchev–Trinajstić information content (AvgIpc) is 2.96. The van der Waals surface area contributed by atoms with Crippen molar-refractivity contribution in [2.75, 3.05) is 31.4 Å². The molecule has 0 spiro atoms. The van der Waals surface area contributed by atoms with Crippen LogP contribution in [0.15, 0.2) is 30.5 Å². The molecule has 3 aromatic rings. The van der Waals surface area contributed by atoms with Gasteiger partial charge in [-0.2, -0.15) is 15.1 Å². The van der Waals surface area contributed by atoms with Crippen LogP contribution in [0.2, 0.25) is 0 Å². The number of aromatic amines is 1. The largest absolute Gasteiger partial charge is 0.438 e. The number of hydrogen-bond acceptors (Lipinski definition) is 6. The van der Waals surface area contributed by atoms with Crippen LogP contribution >= 0.6 is 0 Å². The third kappa shape index (κ3) is 2.58. The van der Waals surface area contributed by atoms with Gasteiger partial charge in [0.25, 0.3) is 0 Å². The Kier molecular flexibility index (Phi) is 3.31. The molecule has 0 saturated carbocycles. The van der Waals surface area contributed by atoms with Crippen molar-refractivity contribution in [1.82, 2.24) is 20.2 Å². The van der Waals surface area contributed by atoms with Gasteiger partial charge in [0.2, 0.25) is 11.8 Å². The van der Waals surface area contributed by atoms with Crippen LogP contribution in [0.1, 0.15) is 0 Å². The third-order valence-corrected chi connectivity index (χ3v) is 3.05. The van der Waals surface area contributed by atoms with E-state index in [0.717, 1.165) is 11.1 Å². The number of rotatable bonds is 4. The summed E-state index contributed by atoms with van der Waals surface area (Å²) in [6.07, 6.45) is 1.65. The van der Waals surface area contributed by atoms with Crippen LogP contribution in [0.4, 0.5) is 11.6 Å². The van der Waals surface area contributed by atoms with Gasteiger partial charge in [-0.3, -0.25) is 5.10 Å². The summed E-state index contributed by atoms with van der Waals surface area (Å²) < 4.78 is 5.91. The first-order chi connectivity index (χ1) is 10.2. The first kappa shape index (κ1) is 13.2. The fourth-order valence-corrected chi connectivity index (χ4v) is 1.93. The van der Waals surface area contributed by atoms with Gasteiger partial charge >= 0.3 is 0 Å². The summed E-state index contributed by atoms with van der Waals surface area (Å²) in [6, 6.07) is 7.80. The second-order valence-electron chi connectivity index (χ2n) is 4.73. The molecule has 7 heteroatoms. The molecule has 3 rings (SSSR count). The standard InChI is InChI=1S/C14H16N6O/c1-15-14-17-12-11(8-16-19-12)13(18-14)21-10-6-4-5-9(7-10)20(2)3/h4-8H,1-3H3,(H2,15,16,17,18,19). The predicted octanol–water partition coefficient (Wildman–Crippen LogP) is 2.25. The zero-order valence-electron chi connectivity index (χ0n) is 12.1. The molecule has 0 radical (unpaired) electrons. The maximum absolute atomic E-state index is 5.91. The highest BCUT2D eigenvalue weighted by molar-refractivity contribution is 5.80. The Labute approximate surface area is 122 Å².